The van der Waals surface area contributed by atoms with Gasteiger partial charge in [-0.2, -0.15) is 0 Å². The van der Waals surface area contributed by atoms with Crippen LogP contribution in [0.1, 0.15) is 67.8 Å². The third-order valence-electron chi connectivity index (χ3n) is 6.76. The first kappa shape index (κ1) is 20.0. The zero-order valence-corrected chi connectivity index (χ0v) is 17.4. The van der Waals surface area contributed by atoms with Crippen LogP contribution in [0.3, 0.4) is 0 Å². The van der Waals surface area contributed by atoms with Crippen molar-refractivity contribution in [3.63, 3.8) is 0 Å². The lowest BCUT2D eigenvalue weighted by Gasteiger charge is -2.49. The number of hydrogen-bond donors (Lipinski definition) is 1. The van der Waals surface area contributed by atoms with Crippen LogP contribution in [0, 0.1) is 5.92 Å². The van der Waals surface area contributed by atoms with Crippen LogP contribution < -0.4 is 5.32 Å². The van der Waals surface area contributed by atoms with Crippen molar-refractivity contribution in [1.82, 2.24) is 30.4 Å². The van der Waals surface area contributed by atoms with E-state index in [4.69, 9.17) is 0 Å². The second kappa shape index (κ2) is 9.03. The third-order valence-corrected chi connectivity index (χ3v) is 6.76. The van der Waals surface area contributed by atoms with Gasteiger partial charge in [-0.25, -0.2) is 4.68 Å². The van der Waals surface area contributed by atoms with Crippen molar-refractivity contribution in [3.05, 3.63) is 41.7 Å². The van der Waals surface area contributed by atoms with E-state index in [0.29, 0.717) is 12.1 Å². The van der Waals surface area contributed by atoms with Gasteiger partial charge in [0.25, 0.3) is 5.91 Å². The zero-order chi connectivity index (χ0) is 20.1. The summed E-state index contributed by atoms with van der Waals surface area (Å²) in [5, 5.41) is 14.4. The lowest BCUT2D eigenvalue weighted by atomic mass is 9.75. The maximum atomic E-state index is 12.8. The highest BCUT2D eigenvalue weighted by atomic mass is 16.1. The van der Waals surface area contributed by atoms with Crippen molar-refractivity contribution < 1.29 is 4.79 Å². The Morgan fingerprint density at radius 3 is 2.52 bits per heavy atom. The first-order valence-electron chi connectivity index (χ1n) is 11.0. The molecule has 0 spiro atoms. The monoisotopic (exact) mass is 396 g/mol. The van der Waals surface area contributed by atoms with Crippen LogP contribution in [0.4, 0.5) is 0 Å². The Morgan fingerprint density at radius 2 is 1.86 bits per heavy atom. The van der Waals surface area contributed by atoms with Crippen molar-refractivity contribution in [3.8, 4) is 0 Å². The summed E-state index contributed by atoms with van der Waals surface area (Å²) in [5.41, 5.74) is 1.92. The van der Waals surface area contributed by atoms with Crippen molar-refractivity contribution >= 4 is 5.91 Å². The number of piperidine rings is 1. The molecule has 29 heavy (non-hydrogen) atoms. The second-order valence-corrected chi connectivity index (χ2v) is 8.84. The molecule has 1 N–H and O–H groups in total. The number of carbonyl (C=O) groups is 1. The van der Waals surface area contributed by atoms with E-state index in [1.165, 1.54) is 58.0 Å². The number of amides is 1. The van der Waals surface area contributed by atoms with Gasteiger partial charge in [-0.05, 0) is 85.7 Å². The predicted octanol–water partition coefficient (Wildman–Crippen LogP) is 2.89. The van der Waals surface area contributed by atoms with Crippen LogP contribution in [0.25, 0.3) is 0 Å². The molecule has 1 amide bonds. The summed E-state index contributed by atoms with van der Waals surface area (Å²) in [6, 6.07) is 7.73. The minimum atomic E-state index is 0.0222. The van der Waals surface area contributed by atoms with Crippen LogP contribution >= 0.6 is 0 Å². The van der Waals surface area contributed by atoms with Crippen LogP contribution in [-0.4, -0.2) is 56.2 Å². The molecule has 2 aliphatic rings. The normalized spacial score (nSPS) is 25.6. The number of nitrogens with one attached hydrogen (secondary N) is 1. The quantitative estimate of drug-likeness (QED) is 0.813. The summed E-state index contributed by atoms with van der Waals surface area (Å²) < 4.78 is 1.67. The molecule has 7 nitrogen and oxygen atoms in total. The van der Waals surface area contributed by atoms with Crippen LogP contribution in [0.15, 0.2) is 30.6 Å². The van der Waals surface area contributed by atoms with E-state index in [1.54, 1.807) is 11.0 Å². The van der Waals surface area contributed by atoms with E-state index in [9.17, 15) is 4.79 Å². The van der Waals surface area contributed by atoms with E-state index in [1.807, 2.05) is 24.3 Å². The van der Waals surface area contributed by atoms with E-state index in [-0.39, 0.29) is 11.4 Å². The van der Waals surface area contributed by atoms with Gasteiger partial charge in [-0.1, -0.05) is 25.5 Å². The maximum Gasteiger partial charge on any atom is 0.251 e. The molecule has 0 atom stereocenters. The molecule has 2 heterocycles. The Morgan fingerprint density at radius 1 is 1.14 bits per heavy atom. The van der Waals surface area contributed by atoms with Gasteiger partial charge in [0.1, 0.15) is 6.33 Å². The van der Waals surface area contributed by atoms with E-state index in [0.717, 1.165) is 18.0 Å². The Balaban J connectivity index is 1.38. The van der Waals surface area contributed by atoms with Crippen LogP contribution in [0.2, 0.25) is 0 Å². The lowest BCUT2D eigenvalue weighted by Crippen LogP contribution is -2.58. The average Bonchev–Trinajstić information content (AvgIpc) is 3.28. The molecule has 0 radical (unpaired) electrons. The standard InChI is InChI=1S/C22H32N6O/c1-18-9-11-22(12-10-18,27-13-3-2-4-14-27)16-23-21(29)20-7-5-19(6-8-20)15-28-17-24-25-26-28/h5-8,17-18H,2-4,9-16H2,1H3,(H,23,29). The van der Waals surface area contributed by atoms with E-state index in [2.05, 4.69) is 32.7 Å². The number of tetrazole rings is 1. The highest BCUT2D eigenvalue weighted by Crippen LogP contribution is 2.37. The Kier molecular flexibility index (Phi) is 6.23. The third kappa shape index (κ3) is 4.83. The summed E-state index contributed by atoms with van der Waals surface area (Å²) in [4.78, 5) is 15.5. The molecule has 2 aromatic rings. The summed E-state index contributed by atoms with van der Waals surface area (Å²) in [6.45, 7) is 6.07. The summed E-state index contributed by atoms with van der Waals surface area (Å²) in [6.07, 6.45) is 10.4. The van der Waals surface area contributed by atoms with Crippen LogP contribution in [0.5, 0.6) is 0 Å². The van der Waals surface area contributed by atoms with Gasteiger partial charge in [0.2, 0.25) is 0 Å². The molecule has 0 bridgehead atoms. The van der Waals surface area contributed by atoms with Gasteiger partial charge in [0.05, 0.1) is 6.54 Å². The number of aromatic nitrogens is 4. The molecule has 0 unspecified atom stereocenters. The summed E-state index contributed by atoms with van der Waals surface area (Å²) >= 11 is 0. The summed E-state index contributed by atoms with van der Waals surface area (Å²) in [7, 11) is 0. The zero-order valence-electron chi connectivity index (χ0n) is 17.4. The van der Waals surface area contributed by atoms with Gasteiger partial charge < -0.3 is 5.32 Å². The Hall–Kier alpha value is -2.28. The predicted molar refractivity (Wildman–Crippen MR) is 111 cm³/mol. The fourth-order valence-electron chi connectivity index (χ4n) is 4.82. The second-order valence-electron chi connectivity index (χ2n) is 8.84. The van der Waals surface area contributed by atoms with Gasteiger partial charge in [-0.15, -0.1) is 5.10 Å². The first-order chi connectivity index (χ1) is 14.1. The first-order valence-corrected chi connectivity index (χ1v) is 11.0. The average molecular weight is 397 g/mol. The fraction of sp³-hybridized carbons (Fsp3) is 0.636. The van der Waals surface area contributed by atoms with Gasteiger partial charge >= 0.3 is 0 Å². The molecule has 2 fully saturated rings. The number of likely N-dealkylation sites (tertiary alicyclic amines) is 1. The van der Waals surface area contributed by atoms with Gasteiger partial charge in [0, 0.05) is 17.6 Å². The number of benzene rings is 1. The lowest BCUT2D eigenvalue weighted by molar-refractivity contribution is 0.0229. The number of rotatable bonds is 6. The topological polar surface area (TPSA) is 75.9 Å². The fourth-order valence-corrected chi connectivity index (χ4v) is 4.82. The SMILES string of the molecule is CC1CCC(CNC(=O)c2ccc(Cn3cnnn3)cc2)(N2CCCCC2)CC1. The Labute approximate surface area is 172 Å². The minimum absolute atomic E-state index is 0.0222. The highest BCUT2D eigenvalue weighted by molar-refractivity contribution is 5.94. The Bertz CT molecular complexity index is 774. The number of carbonyl (C=O) groups excluding carboxylic acids is 1. The van der Waals surface area contributed by atoms with Crippen LogP contribution in [-0.2, 0) is 6.54 Å². The van der Waals surface area contributed by atoms with Crippen molar-refractivity contribution in [2.75, 3.05) is 19.6 Å². The molecule has 1 aliphatic heterocycles. The molecule has 1 saturated carbocycles. The molecule has 1 saturated heterocycles. The molecule has 4 rings (SSSR count). The number of hydrogen-bond acceptors (Lipinski definition) is 5. The minimum Gasteiger partial charge on any atom is -0.350 e. The smallest absolute Gasteiger partial charge is 0.251 e. The van der Waals surface area contributed by atoms with E-state index >= 15 is 0 Å². The highest BCUT2D eigenvalue weighted by Gasteiger charge is 2.40. The molecule has 7 heteroatoms. The molecular formula is C22H32N6O. The van der Waals surface area contributed by atoms with Crippen molar-refractivity contribution in [1.29, 1.82) is 0 Å². The van der Waals surface area contributed by atoms with Gasteiger partial charge in [-0.3, -0.25) is 9.69 Å². The largest absolute Gasteiger partial charge is 0.350 e. The summed E-state index contributed by atoms with van der Waals surface area (Å²) in [5.74, 6) is 0.824. The molecule has 156 valence electrons. The van der Waals surface area contributed by atoms with Crippen molar-refractivity contribution in [2.24, 2.45) is 5.92 Å². The maximum absolute atomic E-state index is 12.8. The van der Waals surface area contributed by atoms with Gasteiger partial charge in [0.15, 0.2) is 0 Å². The molecule has 1 aliphatic carbocycles. The molecule has 1 aromatic carbocycles. The number of nitrogens with zero attached hydrogens (tertiary/aromatic N) is 5. The molecule has 1 aromatic heterocycles. The molecular weight excluding hydrogens is 364 g/mol. The van der Waals surface area contributed by atoms with Crippen molar-refractivity contribution in [2.45, 2.75) is 64.0 Å². The van der Waals surface area contributed by atoms with E-state index < -0.39 is 0 Å².